The molecule has 0 radical (unpaired) electrons. The molecule has 0 aliphatic carbocycles. The quantitative estimate of drug-likeness (QED) is 0.711. The van der Waals surface area contributed by atoms with E-state index in [-0.39, 0.29) is 17.5 Å². The van der Waals surface area contributed by atoms with Gasteiger partial charge in [-0.1, -0.05) is 42.5 Å². The van der Waals surface area contributed by atoms with Crippen molar-refractivity contribution in [2.45, 2.75) is 31.8 Å². The molecule has 1 atom stereocenters. The highest BCUT2D eigenvalue weighted by Gasteiger charge is 2.41. The zero-order valence-electron chi connectivity index (χ0n) is 10.6. The maximum Gasteiger partial charge on any atom is 0.314 e. The summed E-state index contributed by atoms with van der Waals surface area (Å²) < 4.78 is 5.43. The zero-order chi connectivity index (χ0) is 12.8. The summed E-state index contributed by atoms with van der Waals surface area (Å²) in [5.41, 5.74) is 0.738. The van der Waals surface area contributed by atoms with E-state index in [1.807, 2.05) is 38.1 Å². The number of rotatable bonds is 1. The number of benzene rings is 2. The summed E-state index contributed by atoms with van der Waals surface area (Å²) in [7, 11) is 0. The van der Waals surface area contributed by atoms with Crippen molar-refractivity contribution in [2.75, 3.05) is 0 Å². The molecule has 2 aromatic carbocycles. The average molecular weight is 240 g/mol. The molecule has 0 bridgehead atoms. The molecule has 0 aromatic heterocycles. The molecule has 3 rings (SSSR count). The number of hydrogen-bond acceptors (Lipinski definition) is 2. The van der Waals surface area contributed by atoms with E-state index in [1.165, 1.54) is 5.39 Å². The lowest BCUT2D eigenvalue weighted by Gasteiger charge is -2.15. The van der Waals surface area contributed by atoms with E-state index in [2.05, 4.69) is 18.2 Å². The van der Waals surface area contributed by atoms with Crippen molar-refractivity contribution in [1.82, 2.24) is 0 Å². The Morgan fingerprint density at radius 3 is 2.56 bits per heavy atom. The molecular formula is C16H16O2. The van der Waals surface area contributed by atoms with Crippen LogP contribution in [0.25, 0.3) is 10.8 Å². The summed E-state index contributed by atoms with van der Waals surface area (Å²) in [6, 6.07) is 14.3. The van der Waals surface area contributed by atoms with Gasteiger partial charge in [-0.05, 0) is 30.2 Å². The second-order valence-electron chi connectivity index (χ2n) is 5.51. The summed E-state index contributed by atoms with van der Waals surface area (Å²) in [6.45, 7) is 3.94. The van der Waals surface area contributed by atoms with Crippen LogP contribution in [-0.4, -0.2) is 11.6 Å². The molecule has 2 aromatic rings. The predicted molar refractivity (Wildman–Crippen MR) is 71.5 cm³/mol. The van der Waals surface area contributed by atoms with Gasteiger partial charge in [0.25, 0.3) is 0 Å². The molecular weight excluding hydrogens is 224 g/mol. The van der Waals surface area contributed by atoms with E-state index in [1.54, 1.807) is 0 Å². The lowest BCUT2D eigenvalue weighted by atomic mass is 9.88. The van der Waals surface area contributed by atoms with Crippen molar-refractivity contribution in [1.29, 1.82) is 0 Å². The highest BCUT2D eigenvalue weighted by atomic mass is 16.6. The Balaban J connectivity index is 2.13. The van der Waals surface area contributed by atoms with Gasteiger partial charge in [0.1, 0.15) is 5.60 Å². The van der Waals surface area contributed by atoms with Crippen LogP contribution in [0.1, 0.15) is 31.7 Å². The number of hydrogen-bond donors (Lipinski definition) is 0. The van der Waals surface area contributed by atoms with Crippen LogP contribution in [0.3, 0.4) is 0 Å². The molecule has 0 amide bonds. The summed E-state index contributed by atoms with van der Waals surface area (Å²) in [6.07, 6.45) is 0.750. The first-order chi connectivity index (χ1) is 8.57. The van der Waals surface area contributed by atoms with Crippen molar-refractivity contribution in [3.05, 3.63) is 48.0 Å². The second kappa shape index (κ2) is 3.84. The first-order valence-corrected chi connectivity index (χ1v) is 6.27. The smallest absolute Gasteiger partial charge is 0.314 e. The molecule has 1 fully saturated rings. The van der Waals surface area contributed by atoms with Crippen LogP contribution in [0.2, 0.25) is 0 Å². The fraction of sp³-hybridized carbons (Fsp3) is 0.312. The Morgan fingerprint density at radius 2 is 1.83 bits per heavy atom. The topological polar surface area (TPSA) is 26.3 Å². The molecule has 0 spiro atoms. The summed E-state index contributed by atoms with van der Waals surface area (Å²) >= 11 is 0. The largest absolute Gasteiger partial charge is 0.459 e. The van der Waals surface area contributed by atoms with Crippen molar-refractivity contribution >= 4 is 16.7 Å². The maximum absolute atomic E-state index is 12.0. The van der Waals surface area contributed by atoms with Crippen LogP contribution in [0.4, 0.5) is 0 Å². The van der Waals surface area contributed by atoms with Crippen LogP contribution in [0.15, 0.2) is 42.5 Å². The lowest BCUT2D eigenvalue weighted by molar-refractivity contribution is -0.146. The van der Waals surface area contributed by atoms with Gasteiger partial charge in [-0.15, -0.1) is 0 Å². The van der Waals surface area contributed by atoms with Gasteiger partial charge < -0.3 is 4.74 Å². The van der Waals surface area contributed by atoms with E-state index in [4.69, 9.17) is 4.74 Å². The van der Waals surface area contributed by atoms with Gasteiger partial charge in [-0.3, -0.25) is 4.79 Å². The van der Waals surface area contributed by atoms with Gasteiger partial charge in [0.2, 0.25) is 0 Å². The second-order valence-corrected chi connectivity index (χ2v) is 5.51. The van der Waals surface area contributed by atoms with Crippen LogP contribution in [0.5, 0.6) is 0 Å². The predicted octanol–water partition coefficient (Wildman–Crippen LogP) is 3.65. The van der Waals surface area contributed by atoms with Crippen LogP contribution < -0.4 is 0 Å². The lowest BCUT2D eigenvalue weighted by Crippen LogP contribution is -2.17. The molecule has 18 heavy (non-hydrogen) atoms. The van der Waals surface area contributed by atoms with E-state index < -0.39 is 0 Å². The first-order valence-electron chi connectivity index (χ1n) is 6.27. The number of cyclic esters (lactones) is 1. The maximum atomic E-state index is 12.0. The average Bonchev–Trinajstić information content (AvgIpc) is 2.62. The van der Waals surface area contributed by atoms with Gasteiger partial charge in [0.05, 0.1) is 5.92 Å². The molecule has 1 heterocycles. The Morgan fingerprint density at radius 1 is 1.11 bits per heavy atom. The van der Waals surface area contributed by atoms with Gasteiger partial charge in [0, 0.05) is 6.42 Å². The SMILES string of the molecule is CC1(C)CC(c2cccc3ccccc23)C(=O)O1. The van der Waals surface area contributed by atoms with E-state index >= 15 is 0 Å². The van der Waals surface area contributed by atoms with Gasteiger partial charge in [-0.25, -0.2) is 0 Å². The fourth-order valence-corrected chi connectivity index (χ4v) is 2.75. The molecule has 1 aliphatic rings. The van der Waals surface area contributed by atoms with Gasteiger partial charge >= 0.3 is 5.97 Å². The van der Waals surface area contributed by atoms with Crippen molar-refractivity contribution in [2.24, 2.45) is 0 Å². The molecule has 2 nitrogen and oxygen atoms in total. The van der Waals surface area contributed by atoms with Gasteiger partial charge in [0.15, 0.2) is 0 Å². The molecule has 1 saturated heterocycles. The van der Waals surface area contributed by atoms with Crippen LogP contribution in [-0.2, 0) is 9.53 Å². The highest BCUT2D eigenvalue weighted by molar-refractivity contribution is 5.92. The van der Waals surface area contributed by atoms with Crippen molar-refractivity contribution < 1.29 is 9.53 Å². The minimum Gasteiger partial charge on any atom is -0.459 e. The monoisotopic (exact) mass is 240 g/mol. The zero-order valence-corrected chi connectivity index (χ0v) is 10.6. The van der Waals surface area contributed by atoms with Crippen molar-refractivity contribution in [3.8, 4) is 0 Å². The van der Waals surface area contributed by atoms with E-state index in [0.29, 0.717) is 0 Å². The molecule has 1 aliphatic heterocycles. The molecule has 0 saturated carbocycles. The number of carbonyl (C=O) groups excluding carboxylic acids is 1. The third-order valence-corrected chi connectivity index (χ3v) is 3.56. The Kier molecular flexibility index (Phi) is 2.40. The molecule has 0 N–H and O–H groups in total. The Bertz CT molecular complexity index is 608. The number of esters is 1. The van der Waals surface area contributed by atoms with Crippen molar-refractivity contribution in [3.63, 3.8) is 0 Å². The first kappa shape index (κ1) is 11.3. The van der Waals surface area contributed by atoms with Gasteiger partial charge in [-0.2, -0.15) is 0 Å². The normalized spacial score (nSPS) is 22.1. The number of carbonyl (C=O) groups is 1. The fourth-order valence-electron chi connectivity index (χ4n) is 2.75. The number of ether oxygens (including phenoxy) is 1. The molecule has 2 heteroatoms. The number of fused-ring (bicyclic) bond motifs is 1. The molecule has 92 valence electrons. The highest BCUT2D eigenvalue weighted by Crippen LogP contribution is 2.39. The minimum absolute atomic E-state index is 0.101. The Labute approximate surface area is 107 Å². The van der Waals surface area contributed by atoms with Crippen LogP contribution in [0, 0.1) is 0 Å². The summed E-state index contributed by atoms with van der Waals surface area (Å²) in [4.78, 5) is 12.0. The summed E-state index contributed by atoms with van der Waals surface area (Å²) in [5, 5.41) is 2.33. The summed E-state index contributed by atoms with van der Waals surface area (Å²) in [5.74, 6) is -0.234. The Hall–Kier alpha value is -1.83. The molecule has 1 unspecified atom stereocenters. The van der Waals surface area contributed by atoms with E-state index in [0.717, 1.165) is 17.4 Å². The third-order valence-electron chi connectivity index (χ3n) is 3.56. The van der Waals surface area contributed by atoms with E-state index in [9.17, 15) is 4.79 Å². The standard InChI is InChI=1S/C16H16O2/c1-16(2)10-14(15(17)18-16)13-9-5-7-11-6-3-4-8-12(11)13/h3-9,14H,10H2,1-2H3. The van der Waals surface area contributed by atoms with Crippen LogP contribution >= 0.6 is 0 Å². The third kappa shape index (κ3) is 1.78. The minimum atomic E-state index is -0.349.